The molecule has 0 spiro atoms. The van der Waals surface area contributed by atoms with Gasteiger partial charge in [0.1, 0.15) is 29.5 Å². The molecule has 150 valence electrons. The molecule has 3 rings (SSSR count). The molecule has 9 heteroatoms. The predicted octanol–water partition coefficient (Wildman–Crippen LogP) is 3.62. The number of carbonyl (C=O) groups is 1. The topological polar surface area (TPSA) is 76.0 Å². The molecule has 3 aromatic rings. The van der Waals surface area contributed by atoms with Gasteiger partial charge in [-0.15, -0.1) is 0 Å². The first-order valence-electron chi connectivity index (χ1n) is 8.62. The summed E-state index contributed by atoms with van der Waals surface area (Å²) in [6, 6.07) is 11.0. The van der Waals surface area contributed by atoms with Gasteiger partial charge in [-0.25, -0.2) is 4.79 Å². The summed E-state index contributed by atoms with van der Waals surface area (Å²) in [7, 11) is 3.11. The van der Waals surface area contributed by atoms with Gasteiger partial charge in [0.25, 0.3) is 0 Å². The standard InChI is InChI=1S/C19H22N2O5S2/c1-4-26-19(22)16-11-14-7-5-8-15(18(14)20(16)12-24-2)21(13-25-3)28(23)17-9-6-10-27-17/h5-11H,4,12-13H2,1-3H3. The summed E-state index contributed by atoms with van der Waals surface area (Å²) in [6.07, 6.45) is 0. The average Bonchev–Trinajstić information content (AvgIpc) is 3.34. The number of anilines is 1. The molecule has 0 fully saturated rings. The number of thiophene rings is 1. The van der Waals surface area contributed by atoms with Crippen molar-refractivity contribution in [2.45, 2.75) is 17.9 Å². The SMILES string of the molecule is CCOC(=O)c1cc2cccc(N(COC)[S+]([O-])c3cccs3)c2n1COC. The lowest BCUT2D eigenvalue weighted by Crippen LogP contribution is -2.33. The first kappa shape index (κ1) is 20.7. The largest absolute Gasteiger partial charge is 0.587 e. The van der Waals surface area contributed by atoms with Gasteiger partial charge >= 0.3 is 5.97 Å². The third-order valence-electron chi connectivity index (χ3n) is 4.02. The fraction of sp³-hybridized carbons (Fsp3) is 0.316. The lowest BCUT2D eigenvalue weighted by Gasteiger charge is -2.25. The summed E-state index contributed by atoms with van der Waals surface area (Å²) >= 11 is -0.0440. The molecule has 0 saturated carbocycles. The van der Waals surface area contributed by atoms with Gasteiger partial charge in [-0.05, 0) is 30.5 Å². The minimum atomic E-state index is -1.46. The van der Waals surface area contributed by atoms with E-state index in [4.69, 9.17) is 14.2 Å². The number of hydrogen-bond donors (Lipinski definition) is 0. The van der Waals surface area contributed by atoms with E-state index in [2.05, 4.69) is 0 Å². The van der Waals surface area contributed by atoms with Gasteiger partial charge in [0.2, 0.25) is 4.21 Å². The summed E-state index contributed by atoms with van der Waals surface area (Å²) in [6.45, 7) is 2.31. The van der Waals surface area contributed by atoms with Crippen molar-refractivity contribution in [3.05, 3.63) is 47.5 Å². The summed E-state index contributed by atoms with van der Waals surface area (Å²) < 4.78 is 33.1. The third kappa shape index (κ3) is 4.03. The van der Waals surface area contributed by atoms with Crippen molar-refractivity contribution in [1.29, 1.82) is 0 Å². The van der Waals surface area contributed by atoms with Crippen LogP contribution in [0.15, 0.2) is 46.0 Å². The predicted molar refractivity (Wildman–Crippen MR) is 110 cm³/mol. The molecule has 0 aliphatic rings. The maximum Gasteiger partial charge on any atom is 0.355 e. The number of benzene rings is 1. The van der Waals surface area contributed by atoms with E-state index >= 15 is 0 Å². The molecule has 0 amide bonds. The summed E-state index contributed by atoms with van der Waals surface area (Å²) in [5, 5.41) is 2.70. The highest BCUT2D eigenvalue weighted by molar-refractivity contribution is 7.94. The zero-order chi connectivity index (χ0) is 20.1. The third-order valence-corrected chi connectivity index (χ3v) is 6.58. The molecule has 2 heterocycles. The summed E-state index contributed by atoms with van der Waals surface area (Å²) in [5.41, 5.74) is 1.79. The number of aromatic nitrogens is 1. The van der Waals surface area contributed by atoms with Gasteiger partial charge in [0, 0.05) is 25.7 Å². The molecule has 0 radical (unpaired) electrons. The van der Waals surface area contributed by atoms with Gasteiger partial charge in [-0.1, -0.05) is 23.5 Å². The van der Waals surface area contributed by atoms with Crippen molar-refractivity contribution in [2.24, 2.45) is 0 Å². The van der Waals surface area contributed by atoms with E-state index < -0.39 is 17.3 Å². The van der Waals surface area contributed by atoms with Crippen LogP contribution in [0.2, 0.25) is 0 Å². The van der Waals surface area contributed by atoms with Crippen LogP contribution in [0.5, 0.6) is 0 Å². The molecule has 0 aliphatic carbocycles. The van der Waals surface area contributed by atoms with Crippen LogP contribution in [0.3, 0.4) is 0 Å². The van der Waals surface area contributed by atoms with Gasteiger partial charge in [0.05, 0.1) is 12.1 Å². The average molecular weight is 423 g/mol. The van der Waals surface area contributed by atoms with E-state index in [1.807, 2.05) is 35.7 Å². The van der Waals surface area contributed by atoms with E-state index in [0.717, 1.165) is 10.9 Å². The number of methoxy groups -OCH3 is 2. The first-order chi connectivity index (χ1) is 13.6. The number of para-hydroxylation sites is 1. The highest BCUT2D eigenvalue weighted by Crippen LogP contribution is 2.34. The quantitative estimate of drug-likeness (QED) is 0.298. The number of carbonyl (C=O) groups excluding carboxylic acids is 1. The molecule has 28 heavy (non-hydrogen) atoms. The normalized spacial score (nSPS) is 12.3. The van der Waals surface area contributed by atoms with Gasteiger partial charge in [-0.3, -0.25) is 0 Å². The minimum absolute atomic E-state index is 0.122. The Morgan fingerprint density at radius 3 is 2.71 bits per heavy atom. The number of esters is 1. The van der Waals surface area contributed by atoms with Gasteiger partial charge in [-0.2, -0.15) is 4.31 Å². The highest BCUT2D eigenvalue weighted by Gasteiger charge is 2.28. The lowest BCUT2D eigenvalue weighted by atomic mass is 10.2. The molecule has 0 N–H and O–H groups in total. The van der Waals surface area contributed by atoms with Gasteiger partial charge in [0.15, 0.2) is 6.73 Å². The number of nitrogens with zero attached hydrogens (tertiary/aromatic N) is 2. The van der Waals surface area contributed by atoms with E-state index in [1.165, 1.54) is 11.3 Å². The summed E-state index contributed by atoms with van der Waals surface area (Å²) in [5.74, 6) is -0.431. The van der Waals surface area contributed by atoms with E-state index in [9.17, 15) is 9.35 Å². The first-order valence-corrected chi connectivity index (χ1v) is 10.6. The number of fused-ring (bicyclic) bond motifs is 1. The van der Waals surface area contributed by atoms with Crippen LogP contribution in [0.1, 0.15) is 17.4 Å². The lowest BCUT2D eigenvalue weighted by molar-refractivity contribution is 0.0496. The van der Waals surface area contributed by atoms with Crippen molar-refractivity contribution in [1.82, 2.24) is 4.57 Å². The molecular weight excluding hydrogens is 400 g/mol. The van der Waals surface area contributed by atoms with Crippen molar-refractivity contribution in [3.63, 3.8) is 0 Å². The fourth-order valence-electron chi connectivity index (χ4n) is 2.94. The molecule has 2 aromatic heterocycles. The molecule has 1 unspecified atom stereocenters. The maximum atomic E-state index is 13.2. The van der Waals surface area contributed by atoms with Crippen molar-refractivity contribution < 1.29 is 23.6 Å². The van der Waals surface area contributed by atoms with E-state index in [-0.39, 0.29) is 20.1 Å². The Bertz CT molecular complexity index is 926. The van der Waals surface area contributed by atoms with Crippen LogP contribution >= 0.6 is 11.3 Å². The number of rotatable bonds is 9. The second kappa shape index (κ2) is 9.44. The van der Waals surface area contributed by atoms with Crippen LogP contribution in [0, 0.1) is 0 Å². The second-order valence-corrected chi connectivity index (χ2v) is 8.37. The molecule has 7 nitrogen and oxygen atoms in total. The van der Waals surface area contributed by atoms with Gasteiger partial charge < -0.3 is 23.3 Å². The molecule has 0 bridgehead atoms. The Balaban J connectivity index is 2.17. The Labute approximate surface area is 170 Å². The van der Waals surface area contributed by atoms with Crippen molar-refractivity contribution >= 4 is 45.3 Å². The second-order valence-electron chi connectivity index (χ2n) is 5.79. The van der Waals surface area contributed by atoms with E-state index in [1.54, 1.807) is 36.1 Å². The van der Waals surface area contributed by atoms with Crippen LogP contribution < -0.4 is 4.31 Å². The van der Waals surface area contributed by atoms with Crippen LogP contribution in [-0.4, -0.2) is 42.6 Å². The highest BCUT2D eigenvalue weighted by atomic mass is 32.2. The zero-order valence-corrected chi connectivity index (χ0v) is 17.5. The van der Waals surface area contributed by atoms with Crippen molar-refractivity contribution in [2.75, 3.05) is 31.9 Å². The monoisotopic (exact) mass is 422 g/mol. The smallest absolute Gasteiger partial charge is 0.355 e. The Hall–Kier alpha value is -2.04. The van der Waals surface area contributed by atoms with E-state index in [0.29, 0.717) is 15.6 Å². The summed E-state index contributed by atoms with van der Waals surface area (Å²) in [4.78, 5) is 12.4. The van der Waals surface area contributed by atoms with Crippen LogP contribution in [0.25, 0.3) is 10.9 Å². The Morgan fingerprint density at radius 1 is 1.25 bits per heavy atom. The zero-order valence-electron chi connectivity index (χ0n) is 15.9. The maximum absolute atomic E-state index is 13.2. The van der Waals surface area contributed by atoms with Crippen molar-refractivity contribution in [3.8, 4) is 0 Å². The molecule has 0 saturated heterocycles. The van der Waals surface area contributed by atoms with Crippen LogP contribution in [0.4, 0.5) is 5.69 Å². The molecule has 1 atom stereocenters. The Morgan fingerprint density at radius 2 is 2.07 bits per heavy atom. The molecule has 0 aliphatic heterocycles. The number of hydrogen-bond acceptors (Lipinski definition) is 7. The van der Waals surface area contributed by atoms with Crippen LogP contribution in [-0.2, 0) is 32.3 Å². The minimum Gasteiger partial charge on any atom is -0.587 e. The molecule has 1 aromatic carbocycles. The molecular formula is C19H22N2O5S2. The Kier molecular flexibility index (Phi) is 6.97. The fourth-order valence-corrected chi connectivity index (χ4v) is 5.09. The number of ether oxygens (including phenoxy) is 3.